The highest BCUT2D eigenvalue weighted by Crippen LogP contribution is 2.39. The molecule has 0 atom stereocenters. The van der Waals surface area contributed by atoms with Crippen LogP contribution in [0.25, 0.3) is 0 Å². The van der Waals surface area contributed by atoms with Crippen LogP contribution in [0.15, 0.2) is 0 Å². The molecule has 1 N–H and O–H groups in total. The molecule has 0 bridgehead atoms. The first-order chi connectivity index (χ1) is 8.67. The molecule has 0 spiro atoms. The van der Waals surface area contributed by atoms with E-state index in [1.165, 1.54) is 32.4 Å². The van der Waals surface area contributed by atoms with Crippen LogP contribution < -0.4 is 0 Å². The van der Waals surface area contributed by atoms with Crippen molar-refractivity contribution < 1.29 is 9.84 Å². The van der Waals surface area contributed by atoms with Crippen LogP contribution in [-0.2, 0) is 4.74 Å². The van der Waals surface area contributed by atoms with Crippen LogP contribution in [0.1, 0.15) is 46.0 Å². The van der Waals surface area contributed by atoms with Crippen molar-refractivity contribution in [3.05, 3.63) is 0 Å². The largest absolute Gasteiger partial charge is 0.396 e. The molecular formula is C15H29NO2. The summed E-state index contributed by atoms with van der Waals surface area (Å²) >= 11 is 0. The van der Waals surface area contributed by atoms with Crippen LogP contribution in [0.2, 0.25) is 0 Å². The topological polar surface area (TPSA) is 32.7 Å². The summed E-state index contributed by atoms with van der Waals surface area (Å²) in [5.74, 6) is 0. The smallest absolute Gasteiger partial charge is 0.0501 e. The highest BCUT2D eigenvalue weighted by atomic mass is 16.5. The number of aliphatic hydroxyl groups excluding tert-OH is 1. The standard InChI is InChI=1S/C15H29NO2/c1-3-14(4-2)5-8-16(11-14)12-15(13-17)6-9-18-10-7-15/h17H,3-13H2,1-2H3. The third-order valence-corrected chi connectivity index (χ3v) is 5.47. The van der Waals surface area contributed by atoms with Crippen LogP contribution in [0.3, 0.4) is 0 Å². The summed E-state index contributed by atoms with van der Waals surface area (Å²) in [6.07, 6.45) is 5.94. The summed E-state index contributed by atoms with van der Waals surface area (Å²) in [5, 5.41) is 9.76. The molecule has 2 rings (SSSR count). The van der Waals surface area contributed by atoms with Crippen LogP contribution in [0, 0.1) is 10.8 Å². The molecule has 2 heterocycles. The van der Waals surface area contributed by atoms with Gasteiger partial charge in [-0.25, -0.2) is 0 Å². The van der Waals surface area contributed by atoms with Gasteiger partial charge in [0.15, 0.2) is 0 Å². The average molecular weight is 255 g/mol. The van der Waals surface area contributed by atoms with Gasteiger partial charge < -0.3 is 14.7 Å². The van der Waals surface area contributed by atoms with Gasteiger partial charge in [0, 0.05) is 31.7 Å². The predicted molar refractivity (Wildman–Crippen MR) is 73.6 cm³/mol. The van der Waals surface area contributed by atoms with Crippen LogP contribution in [-0.4, -0.2) is 49.5 Å². The van der Waals surface area contributed by atoms with Crippen molar-refractivity contribution in [2.75, 3.05) is 39.5 Å². The molecule has 0 aliphatic carbocycles. The van der Waals surface area contributed by atoms with Gasteiger partial charge in [-0.05, 0) is 44.1 Å². The fourth-order valence-corrected chi connectivity index (χ4v) is 3.63. The zero-order valence-electron chi connectivity index (χ0n) is 12.1. The summed E-state index contributed by atoms with van der Waals surface area (Å²) in [6.45, 7) is 10.1. The maximum Gasteiger partial charge on any atom is 0.0501 e. The zero-order valence-corrected chi connectivity index (χ0v) is 12.1. The van der Waals surface area contributed by atoms with Gasteiger partial charge in [-0.15, -0.1) is 0 Å². The molecule has 3 nitrogen and oxygen atoms in total. The van der Waals surface area contributed by atoms with Gasteiger partial charge in [-0.1, -0.05) is 13.8 Å². The van der Waals surface area contributed by atoms with E-state index >= 15 is 0 Å². The zero-order chi connectivity index (χ0) is 13.1. The lowest BCUT2D eigenvalue weighted by atomic mass is 9.80. The molecule has 106 valence electrons. The first-order valence-corrected chi connectivity index (χ1v) is 7.58. The summed E-state index contributed by atoms with van der Waals surface area (Å²) in [4.78, 5) is 2.59. The van der Waals surface area contributed by atoms with Crippen molar-refractivity contribution in [3.63, 3.8) is 0 Å². The van der Waals surface area contributed by atoms with Crippen LogP contribution >= 0.6 is 0 Å². The molecule has 0 aromatic heterocycles. The molecule has 18 heavy (non-hydrogen) atoms. The van der Waals surface area contributed by atoms with Crippen molar-refractivity contribution in [1.82, 2.24) is 4.90 Å². The Balaban J connectivity index is 1.93. The highest BCUT2D eigenvalue weighted by molar-refractivity contribution is 4.92. The fourth-order valence-electron chi connectivity index (χ4n) is 3.63. The van der Waals surface area contributed by atoms with Gasteiger partial charge in [-0.3, -0.25) is 0 Å². The highest BCUT2D eigenvalue weighted by Gasteiger charge is 2.40. The van der Waals surface area contributed by atoms with E-state index in [-0.39, 0.29) is 5.41 Å². The molecule has 0 aromatic carbocycles. The van der Waals surface area contributed by atoms with E-state index in [9.17, 15) is 5.11 Å². The van der Waals surface area contributed by atoms with E-state index in [1.807, 2.05) is 0 Å². The maximum absolute atomic E-state index is 9.76. The van der Waals surface area contributed by atoms with Crippen molar-refractivity contribution >= 4 is 0 Å². The Morgan fingerprint density at radius 3 is 2.22 bits per heavy atom. The van der Waals surface area contributed by atoms with Crippen molar-refractivity contribution in [1.29, 1.82) is 0 Å². The third-order valence-electron chi connectivity index (χ3n) is 5.47. The third kappa shape index (κ3) is 2.89. The Morgan fingerprint density at radius 2 is 1.72 bits per heavy atom. The van der Waals surface area contributed by atoms with Gasteiger partial charge in [0.2, 0.25) is 0 Å². The SMILES string of the molecule is CCC1(CC)CCN(CC2(CO)CCOCC2)C1. The lowest BCUT2D eigenvalue weighted by Crippen LogP contribution is -2.43. The van der Waals surface area contributed by atoms with Crippen LogP contribution in [0.4, 0.5) is 0 Å². The molecule has 2 aliphatic heterocycles. The normalized spacial score (nSPS) is 27.5. The van der Waals surface area contributed by atoms with Gasteiger partial charge in [0.1, 0.15) is 0 Å². The van der Waals surface area contributed by atoms with E-state index in [1.54, 1.807) is 0 Å². The second-order valence-corrected chi connectivity index (χ2v) is 6.44. The summed E-state index contributed by atoms with van der Waals surface area (Å²) in [5.41, 5.74) is 0.650. The van der Waals surface area contributed by atoms with Gasteiger partial charge in [0.25, 0.3) is 0 Å². The number of rotatable bonds is 5. The second kappa shape index (κ2) is 5.89. The van der Waals surface area contributed by atoms with E-state index in [2.05, 4.69) is 18.7 Å². The summed E-state index contributed by atoms with van der Waals surface area (Å²) in [6, 6.07) is 0. The Hall–Kier alpha value is -0.120. The van der Waals surface area contributed by atoms with Crippen molar-refractivity contribution in [2.45, 2.75) is 46.0 Å². The summed E-state index contributed by atoms with van der Waals surface area (Å²) in [7, 11) is 0. The lowest BCUT2D eigenvalue weighted by Gasteiger charge is -2.39. The number of aliphatic hydroxyl groups is 1. The number of likely N-dealkylation sites (tertiary alicyclic amines) is 1. The Labute approximate surface area is 112 Å². The molecule has 0 amide bonds. The monoisotopic (exact) mass is 255 g/mol. The maximum atomic E-state index is 9.76. The van der Waals surface area contributed by atoms with Gasteiger partial charge >= 0.3 is 0 Å². The Morgan fingerprint density at radius 1 is 1.06 bits per heavy atom. The molecule has 0 aromatic rings. The molecule has 2 aliphatic rings. The summed E-state index contributed by atoms with van der Waals surface area (Å²) < 4.78 is 5.44. The molecular weight excluding hydrogens is 226 g/mol. The molecule has 0 radical (unpaired) electrons. The number of hydrogen-bond donors (Lipinski definition) is 1. The quantitative estimate of drug-likeness (QED) is 0.818. The molecule has 2 fully saturated rings. The van der Waals surface area contributed by atoms with E-state index in [0.29, 0.717) is 12.0 Å². The average Bonchev–Trinajstić information content (AvgIpc) is 2.84. The lowest BCUT2D eigenvalue weighted by molar-refractivity contribution is -0.0326. The second-order valence-electron chi connectivity index (χ2n) is 6.44. The molecule has 3 heteroatoms. The Bertz CT molecular complexity index is 257. The minimum Gasteiger partial charge on any atom is -0.396 e. The fraction of sp³-hybridized carbons (Fsp3) is 1.00. The Kier molecular flexibility index (Phi) is 4.68. The first kappa shape index (κ1) is 14.3. The molecule has 0 unspecified atom stereocenters. The van der Waals surface area contributed by atoms with E-state index < -0.39 is 0 Å². The van der Waals surface area contributed by atoms with Crippen molar-refractivity contribution in [3.8, 4) is 0 Å². The predicted octanol–water partition coefficient (Wildman–Crippen LogP) is 2.29. The van der Waals surface area contributed by atoms with Crippen LogP contribution in [0.5, 0.6) is 0 Å². The number of nitrogens with zero attached hydrogens (tertiary/aromatic N) is 1. The molecule has 0 saturated carbocycles. The number of ether oxygens (including phenoxy) is 1. The minimum absolute atomic E-state index is 0.107. The molecule has 2 saturated heterocycles. The number of hydrogen-bond acceptors (Lipinski definition) is 3. The van der Waals surface area contributed by atoms with Gasteiger partial charge in [-0.2, -0.15) is 0 Å². The minimum atomic E-state index is 0.107. The van der Waals surface area contributed by atoms with E-state index in [0.717, 1.165) is 32.6 Å². The van der Waals surface area contributed by atoms with Gasteiger partial charge in [0.05, 0.1) is 6.61 Å². The van der Waals surface area contributed by atoms with Crippen molar-refractivity contribution in [2.24, 2.45) is 10.8 Å². The first-order valence-electron chi connectivity index (χ1n) is 7.58. The van der Waals surface area contributed by atoms with E-state index in [4.69, 9.17) is 4.74 Å².